The van der Waals surface area contributed by atoms with Crippen molar-refractivity contribution in [2.45, 2.75) is 45.6 Å². The van der Waals surface area contributed by atoms with Crippen LogP contribution in [0.2, 0.25) is 0 Å². The lowest BCUT2D eigenvalue weighted by atomic mass is 9.98. The lowest BCUT2D eigenvalue weighted by molar-refractivity contribution is -0.127. The van der Waals surface area contributed by atoms with Crippen LogP contribution >= 0.6 is 0 Å². The second-order valence-corrected chi connectivity index (χ2v) is 6.92. The molecule has 1 fully saturated rings. The first-order valence-electron chi connectivity index (χ1n) is 8.87. The predicted molar refractivity (Wildman–Crippen MR) is 96.1 cm³/mol. The average molecular weight is 360 g/mol. The van der Waals surface area contributed by atoms with E-state index in [4.69, 9.17) is 0 Å². The summed E-state index contributed by atoms with van der Waals surface area (Å²) < 4.78 is 1.46. The number of likely N-dealkylation sites (tertiary alicyclic amines) is 1. The summed E-state index contributed by atoms with van der Waals surface area (Å²) in [6.45, 7) is 5.60. The van der Waals surface area contributed by atoms with Crippen LogP contribution in [0.4, 0.5) is 0 Å². The van der Waals surface area contributed by atoms with E-state index in [1.807, 2.05) is 13.8 Å². The Kier molecular flexibility index (Phi) is 5.01. The van der Waals surface area contributed by atoms with Gasteiger partial charge in [0.1, 0.15) is 11.5 Å². The molecule has 1 saturated heterocycles. The van der Waals surface area contributed by atoms with E-state index in [2.05, 4.69) is 10.2 Å². The molecule has 1 aromatic carbocycles. The van der Waals surface area contributed by atoms with Gasteiger partial charge in [-0.15, -0.1) is 0 Å². The molecule has 1 amide bonds. The second-order valence-electron chi connectivity index (χ2n) is 6.92. The Hall–Kier alpha value is -2.77. The third kappa shape index (κ3) is 3.44. The molecule has 8 heteroatoms. The van der Waals surface area contributed by atoms with E-state index in [9.17, 15) is 19.8 Å². The number of aromatic amines is 1. The zero-order chi connectivity index (χ0) is 18.8. The largest absolute Gasteiger partial charge is 0.508 e. The summed E-state index contributed by atoms with van der Waals surface area (Å²) in [7, 11) is 0. The summed E-state index contributed by atoms with van der Waals surface area (Å²) in [5, 5.41) is 26.7. The van der Waals surface area contributed by atoms with Crippen LogP contribution in [0.15, 0.2) is 16.9 Å². The molecule has 26 heavy (non-hydrogen) atoms. The molecule has 1 aliphatic heterocycles. The SMILES string of the molecule is CC(C)c1cc(-c2n[nH]c(=O)n2CCCN2CCCC2=O)c(O)cc1O. The minimum Gasteiger partial charge on any atom is -0.508 e. The van der Waals surface area contributed by atoms with Crippen molar-refractivity contribution in [1.82, 2.24) is 19.7 Å². The molecule has 1 aliphatic rings. The Bertz CT molecular complexity index is 869. The van der Waals surface area contributed by atoms with Crippen LogP contribution in [0, 0.1) is 0 Å². The fourth-order valence-electron chi connectivity index (χ4n) is 3.33. The topological polar surface area (TPSA) is 111 Å². The molecular formula is C18H24N4O4. The molecule has 3 N–H and O–H groups in total. The molecule has 3 rings (SSSR count). The van der Waals surface area contributed by atoms with E-state index in [0.717, 1.165) is 13.0 Å². The standard InChI is InChI=1S/C18H24N4O4/c1-11(2)12-9-13(15(24)10-14(12)23)17-19-20-18(26)22(17)8-4-7-21-6-3-5-16(21)25/h9-11,23-24H,3-8H2,1-2H3,(H,20,26). The highest BCUT2D eigenvalue weighted by atomic mass is 16.3. The van der Waals surface area contributed by atoms with Gasteiger partial charge >= 0.3 is 5.69 Å². The minimum atomic E-state index is -0.369. The zero-order valence-electron chi connectivity index (χ0n) is 15.0. The summed E-state index contributed by atoms with van der Waals surface area (Å²) in [4.78, 5) is 25.6. The van der Waals surface area contributed by atoms with Gasteiger partial charge in [0.25, 0.3) is 0 Å². The number of phenolic OH excluding ortho intramolecular Hbond substituents is 2. The molecule has 8 nitrogen and oxygen atoms in total. The van der Waals surface area contributed by atoms with Crippen molar-refractivity contribution in [2.24, 2.45) is 0 Å². The molecule has 0 aliphatic carbocycles. The van der Waals surface area contributed by atoms with Crippen molar-refractivity contribution in [2.75, 3.05) is 13.1 Å². The van der Waals surface area contributed by atoms with Gasteiger partial charge in [0.15, 0.2) is 5.82 Å². The van der Waals surface area contributed by atoms with Gasteiger partial charge in [-0.1, -0.05) is 13.8 Å². The zero-order valence-corrected chi connectivity index (χ0v) is 15.0. The Morgan fingerprint density at radius 2 is 1.96 bits per heavy atom. The maximum atomic E-state index is 12.1. The number of H-pyrrole nitrogens is 1. The number of hydrogen-bond donors (Lipinski definition) is 3. The highest BCUT2D eigenvalue weighted by molar-refractivity contribution is 5.78. The van der Waals surface area contributed by atoms with Crippen molar-refractivity contribution in [3.8, 4) is 22.9 Å². The third-order valence-corrected chi connectivity index (χ3v) is 4.75. The van der Waals surface area contributed by atoms with Crippen molar-refractivity contribution >= 4 is 5.91 Å². The first-order valence-corrected chi connectivity index (χ1v) is 8.87. The van der Waals surface area contributed by atoms with Crippen molar-refractivity contribution in [3.63, 3.8) is 0 Å². The molecular weight excluding hydrogens is 336 g/mol. The molecule has 0 unspecified atom stereocenters. The van der Waals surface area contributed by atoms with Gasteiger partial charge < -0.3 is 15.1 Å². The van der Waals surface area contributed by atoms with Crippen molar-refractivity contribution in [3.05, 3.63) is 28.2 Å². The summed E-state index contributed by atoms with van der Waals surface area (Å²) in [6, 6.07) is 2.93. The maximum Gasteiger partial charge on any atom is 0.343 e. The van der Waals surface area contributed by atoms with Crippen LogP contribution in [-0.4, -0.2) is 48.9 Å². The number of rotatable bonds is 6. The molecule has 1 aromatic heterocycles. The number of phenols is 2. The summed E-state index contributed by atoms with van der Waals surface area (Å²) in [6.07, 6.45) is 2.10. The maximum absolute atomic E-state index is 12.1. The molecule has 2 aromatic rings. The van der Waals surface area contributed by atoms with E-state index in [0.29, 0.717) is 42.9 Å². The number of aromatic hydroxyl groups is 2. The number of aromatic nitrogens is 3. The fourth-order valence-corrected chi connectivity index (χ4v) is 3.33. The second kappa shape index (κ2) is 7.23. The third-order valence-electron chi connectivity index (χ3n) is 4.75. The van der Waals surface area contributed by atoms with Crippen LogP contribution in [0.5, 0.6) is 11.5 Å². The lowest BCUT2D eigenvalue weighted by Crippen LogP contribution is -2.27. The number of hydrogen-bond acceptors (Lipinski definition) is 5. The molecule has 0 bridgehead atoms. The van der Waals surface area contributed by atoms with Crippen molar-refractivity contribution in [1.29, 1.82) is 0 Å². The van der Waals surface area contributed by atoms with E-state index >= 15 is 0 Å². The van der Waals surface area contributed by atoms with Gasteiger partial charge in [-0.2, -0.15) is 5.10 Å². The normalized spacial score (nSPS) is 14.6. The molecule has 0 atom stereocenters. The van der Waals surface area contributed by atoms with Gasteiger partial charge in [-0.05, 0) is 30.4 Å². The number of benzene rings is 1. The smallest absolute Gasteiger partial charge is 0.343 e. The summed E-state index contributed by atoms with van der Waals surface area (Å²) >= 11 is 0. The van der Waals surface area contributed by atoms with Crippen LogP contribution in [-0.2, 0) is 11.3 Å². The first-order chi connectivity index (χ1) is 12.4. The average Bonchev–Trinajstić information content (AvgIpc) is 3.14. The molecule has 2 heterocycles. The molecule has 0 saturated carbocycles. The van der Waals surface area contributed by atoms with E-state index in [-0.39, 0.29) is 29.0 Å². The number of amides is 1. The van der Waals surface area contributed by atoms with Gasteiger partial charge in [0.2, 0.25) is 5.91 Å². The molecule has 140 valence electrons. The van der Waals surface area contributed by atoms with E-state index in [1.165, 1.54) is 10.6 Å². The van der Waals surface area contributed by atoms with Crippen LogP contribution in [0.3, 0.4) is 0 Å². The van der Waals surface area contributed by atoms with Crippen molar-refractivity contribution < 1.29 is 15.0 Å². The van der Waals surface area contributed by atoms with Gasteiger partial charge in [-0.3, -0.25) is 9.36 Å². The first kappa shape index (κ1) is 18.0. The quantitative estimate of drug-likeness (QED) is 0.727. The highest BCUT2D eigenvalue weighted by Crippen LogP contribution is 2.36. The van der Waals surface area contributed by atoms with Crippen LogP contribution in [0.25, 0.3) is 11.4 Å². The van der Waals surface area contributed by atoms with Gasteiger partial charge in [-0.25, -0.2) is 9.89 Å². The highest BCUT2D eigenvalue weighted by Gasteiger charge is 2.21. The Balaban J connectivity index is 1.85. The van der Waals surface area contributed by atoms with E-state index < -0.39 is 0 Å². The Morgan fingerprint density at radius 1 is 1.19 bits per heavy atom. The van der Waals surface area contributed by atoms with E-state index in [1.54, 1.807) is 11.0 Å². The monoisotopic (exact) mass is 360 g/mol. The fraction of sp³-hybridized carbons (Fsp3) is 0.500. The number of carbonyl (C=O) groups excluding carboxylic acids is 1. The lowest BCUT2D eigenvalue weighted by Gasteiger charge is -2.16. The molecule has 0 radical (unpaired) electrons. The number of carbonyl (C=O) groups is 1. The van der Waals surface area contributed by atoms with Gasteiger partial charge in [0.05, 0.1) is 5.56 Å². The summed E-state index contributed by atoms with van der Waals surface area (Å²) in [5.41, 5.74) is 0.691. The Labute approximate surface area is 151 Å². The minimum absolute atomic E-state index is 0.0122. The van der Waals surface area contributed by atoms with Gasteiger partial charge in [0, 0.05) is 32.1 Å². The number of nitrogens with zero attached hydrogens (tertiary/aromatic N) is 3. The summed E-state index contributed by atoms with van der Waals surface area (Å²) in [5.74, 6) is 0.402. The van der Waals surface area contributed by atoms with Crippen LogP contribution < -0.4 is 5.69 Å². The predicted octanol–water partition coefficient (Wildman–Crippen LogP) is 1.79. The Morgan fingerprint density at radius 3 is 2.62 bits per heavy atom. The number of nitrogens with one attached hydrogen (secondary N) is 1. The molecule has 0 spiro atoms. The van der Waals surface area contributed by atoms with Crippen LogP contribution in [0.1, 0.15) is 44.6 Å².